The van der Waals surface area contributed by atoms with Gasteiger partial charge in [-0.3, -0.25) is 9.59 Å². The predicted molar refractivity (Wildman–Crippen MR) is 89.1 cm³/mol. The Bertz CT molecular complexity index is 754. The van der Waals surface area contributed by atoms with Gasteiger partial charge in [-0.25, -0.2) is 12.8 Å². The Morgan fingerprint density at radius 3 is 2.67 bits per heavy atom. The fourth-order valence-electron chi connectivity index (χ4n) is 2.68. The fraction of sp³-hybridized carbons (Fsp3) is 0.467. The van der Waals surface area contributed by atoms with Crippen molar-refractivity contribution in [3.63, 3.8) is 0 Å². The number of nitrogens with zero attached hydrogens (tertiary/aromatic N) is 1. The van der Waals surface area contributed by atoms with Crippen LogP contribution in [0, 0.1) is 5.82 Å². The van der Waals surface area contributed by atoms with E-state index in [0.717, 1.165) is 6.07 Å². The van der Waals surface area contributed by atoms with Crippen LogP contribution in [-0.2, 0) is 19.4 Å². The van der Waals surface area contributed by atoms with Crippen LogP contribution in [0.5, 0.6) is 0 Å². The highest BCUT2D eigenvalue weighted by molar-refractivity contribution is 7.91. The first-order chi connectivity index (χ1) is 11.2. The topological polar surface area (TPSA) is 83.6 Å². The smallest absolute Gasteiger partial charge is 0.233 e. The SMILES string of the molecule is CCN(C(=O)CC(=O)Nc1ccc(F)c(Cl)c1)C1CCS(=O)(=O)C1. The predicted octanol–water partition coefficient (Wildman–Crippen LogP) is 1.84. The van der Waals surface area contributed by atoms with Crippen molar-refractivity contribution >= 4 is 38.9 Å². The van der Waals surface area contributed by atoms with Crippen molar-refractivity contribution < 1.29 is 22.4 Å². The Morgan fingerprint density at radius 1 is 1.42 bits per heavy atom. The second-order valence-electron chi connectivity index (χ2n) is 5.59. The molecule has 0 spiro atoms. The van der Waals surface area contributed by atoms with Gasteiger partial charge in [0, 0.05) is 18.3 Å². The van der Waals surface area contributed by atoms with Gasteiger partial charge in [0.1, 0.15) is 12.2 Å². The number of carbonyl (C=O) groups excluding carboxylic acids is 2. The van der Waals surface area contributed by atoms with Crippen molar-refractivity contribution in [2.24, 2.45) is 0 Å². The number of amides is 2. The van der Waals surface area contributed by atoms with Crippen LogP contribution in [0.15, 0.2) is 18.2 Å². The van der Waals surface area contributed by atoms with Crippen molar-refractivity contribution in [3.05, 3.63) is 29.0 Å². The van der Waals surface area contributed by atoms with Crippen molar-refractivity contribution in [3.8, 4) is 0 Å². The van der Waals surface area contributed by atoms with E-state index < -0.39 is 33.9 Å². The largest absolute Gasteiger partial charge is 0.338 e. The van der Waals surface area contributed by atoms with E-state index in [4.69, 9.17) is 11.6 Å². The molecule has 0 aromatic heterocycles. The molecule has 1 aliphatic rings. The third-order valence-electron chi connectivity index (χ3n) is 3.83. The number of sulfone groups is 1. The molecule has 1 heterocycles. The molecule has 1 unspecified atom stereocenters. The van der Waals surface area contributed by atoms with E-state index in [0.29, 0.717) is 13.0 Å². The van der Waals surface area contributed by atoms with Crippen LogP contribution in [0.3, 0.4) is 0 Å². The third kappa shape index (κ3) is 4.67. The molecule has 1 aromatic carbocycles. The first-order valence-corrected chi connectivity index (χ1v) is 9.66. The zero-order valence-electron chi connectivity index (χ0n) is 13.1. The minimum atomic E-state index is -3.11. The minimum absolute atomic E-state index is 0.0573. The summed E-state index contributed by atoms with van der Waals surface area (Å²) in [6.45, 7) is 2.06. The number of nitrogens with one attached hydrogen (secondary N) is 1. The van der Waals surface area contributed by atoms with Gasteiger partial charge >= 0.3 is 0 Å². The minimum Gasteiger partial charge on any atom is -0.338 e. The third-order valence-corrected chi connectivity index (χ3v) is 5.87. The molecule has 9 heteroatoms. The Balaban J connectivity index is 1.96. The van der Waals surface area contributed by atoms with Crippen LogP contribution in [0.25, 0.3) is 0 Å². The van der Waals surface area contributed by atoms with Crippen LogP contribution in [0.1, 0.15) is 19.8 Å². The first kappa shape index (κ1) is 18.7. The molecule has 2 rings (SSSR count). The molecule has 1 aromatic rings. The molecule has 0 aliphatic carbocycles. The lowest BCUT2D eigenvalue weighted by atomic mass is 10.2. The van der Waals surface area contributed by atoms with E-state index in [1.165, 1.54) is 17.0 Å². The second kappa shape index (κ2) is 7.48. The zero-order chi connectivity index (χ0) is 17.9. The van der Waals surface area contributed by atoms with Gasteiger partial charge in [-0.15, -0.1) is 0 Å². The summed E-state index contributed by atoms with van der Waals surface area (Å²) in [5.41, 5.74) is 0.283. The van der Waals surface area contributed by atoms with Gasteiger partial charge in [0.25, 0.3) is 0 Å². The number of hydrogen-bond acceptors (Lipinski definition) is 4. The van der Waals surface area contributed by atoms with Gasteiger partial charge < -0.3 is 10.2 Å². The molecule has 6 nitrogen and oxygen atoms in total. The summed E-state index contributed by atoms with van der Waals surface area (Å²) in [4.78, 5) is 25.7. The Labute approximate surface area is 144 Å². The van der Waals surface area contributed by atoms with Gasteiger partial charge in [0.15, 0.2) is 9.84 Å². The molecule has 1 fully saturated rings. The molecular formula is C15H18ClFN2O4S. The second-order valence-corrected chi connectivity index (χ2v) is 8.23. The molecular weight excluding hydrogens is 359 g/mol. The Kier molecular flexibility index (Phi) is 5.82. The number of hydrogen-bond donors (Lipinski definition) is 1. The van der Waals surface area contributed by atoms with E-state index in [9.17, 15) is 22.4 Å². The van der Waals surface area contributed by atoms with Gasteiger partial charge in [0.05, 0.1) is 16.5 Å². The summed E-state index contributed by atoms with van der Waals surface area (Å²) in [5.74, 6) is -1.62. The molecule has 132 valence electrons. The Morgan fingerprint density at radius 2 is 2.12 bits per heavy atom. The summed E-state index contributed by atoms with van der Waals surface area (Å²) in [6, 6.07) is 3.31. The van der Waals surface area contributed by atoms with Crippen LogP contribution in [-0.4, -0.2) is 49.2 Å². The molecule has 1 atom stereocenters. The fourth-order valence-corrected chi connectivity index (χ4v) is 4.59. The van der Waals surface area contributed by atoms with Crippen molar-refractivity contribution in [2.45, 2.75) is 25.8 Å². The van der Waals surface area contributed by atoms with Crippen molar-refractivity contribution in [1.29, 1.82) is 0 Å². The molecule has 1 saturated heterocycles. The molecule has 0 bridgehead atoms. The highest BCUT2D eigenvalue weighted by Crippen LogP contribution is 2.20. The molecule has 2 amide bonds. The van der Waals surface area contributed by atoms with Crippen molar-refractivity contribution in [1.82, 2.24) is 4.90 Å². The van der Waals surface area contributed by atoms with Crippen LogP contribution >= 0.6 is 11.6 Å². The highest BCUT2D eigenvalue weighted by atomic mass is 35.5. The number of halogens is 2. The number of anilines is 1. The molecule has 1 aliphatic heterocycles. The lowest BCUT2D eigenvalue weighted by Crippen LogP contribution is -2.42. The summed E-state index contributed by atoms with van der Waals surface area (Å²) < 4.78 is 36.2. The van der Waals surface area contributed by atoms with Gasteiger partial charge in [-0.1, -0.05) is 11.6 Å². The van der Waals surface area contributed by atoms with Crippen LogP contribution in [0.2, 0.25) is 5.02 Å². The lowest BCUT2D eigenvalue weighted by Gasteiger charge is -2.26. The van der Waals surface area contributed by atoms with E-state index in [2.05, 4.69) is 5.32 Å². The monoisotopic (exact) mass is 376 g/mol. The van der Waals surface area contributed by atoms with E-state index in [1.807, 2.05) is 0 Å². The summed E-state index contributed by atoms with van der Waals surface area (Å²) >= 11 is 5.63. The lowest BCUT2D eigenvalue weighted by molar-refractivity contribution is -0.135. The van der Waals surface area contributed by atoms with Crippen molar-refractivity contribution in [2.75, 3.05) is 23.4 Å². The maximum absolute atomic E-state index is 13.1. The summed E-state index contributed by atoms with van der Waals surface area (Å²) in [5, 5.41) is 2.34. The number of rotatable bonds is 5. The Hall–Kier alpha value is -1.67. The van der Waals surface area contributed by atoms with Crippen LogP contribution in [0.4, 0.5) is 10.1 Å². The van der Waals surface area contributed by atoms with E-state index >= 15 is 0 Å². The van der Waals surface area contributed by atoms with Crippen LogP contribution < -0.4 is 5.32 Å². The van der Waals surface area contributed by atoms with E-state index in [-0.39, 0.29) is 28.3 Å². The maximum Gasteiger partial charge on any atom is 0.233 e. The molecule has 0 saturated carbocycles. The van der Waals surface area contributed by atoms with E-state index in [1.54, 1.807) is 6.92 Å². The average molecular weight is 377 g/mol. The maximum atomic E-state index is 13.1. The molecule has 1 N–H and O–H groups in total. The zero-order valence-corrected chi connectivity index (χ0v) is 14.7. The van der Waals surface area contributed by atoms with Gasteiger partial charge in [-0.2, -0.15) is 0 Å². The highest BCUT2D eigenvalue weighted by Gasteiger charge is 2.34. The number of benzene rings is 1. The van der Waals surface area contributed by atoms with Gasteiger partial charge in [0.2, 0.25) is 11.8 Å². The number of carbonyl (C=O) groups is 2. The summed E-state index contributed by atoms with van der Waals surface area (Å²) in [7, 11) is -3.11. The molecule has 24 heavy (non-hydrogen) atoms. The average Bonchev–Trinajstić information content (AvgIpc) is 2.83. The normalized spacial score (nSPS) is 19.0. The standard InChI is InChI=1S/C15H18ClFN2O4S/c1-2-19(11-5-6-24(22,23)9-11)15(21)8-14(20)18-10-3-4-13(17)12(16)7-10/h3-4,7,11H,2,5-6,8-9H2,1H3,(H,18,20). The quantitative estimate of drug-likeness (QED) is 0.795. The molecule has 0 radical (unpaired) electrons. The summed E-state index contributed by atoms with van der Waals surface area (Å²) in [6.07, 6.45) is -0.0313. The van der Waals surface area contributed by atoms with Gasteiger partial charge in [-0.05, 0) is 31.5 Å². The first-order valence-electron chi connectivity index (χ1n) is 7.46.